The number of benzene rings is 2. The molecule has 3 rings (SSSR count). The summed E-state index contributed by atoms with van der Waals surface area (Å²) in [5.74, 6) is 0. The van der Waals surface area contributed by atoms with Crippen molar-refractivity contribution >= 4 is 0 Å². The van der Waals surface area contributed by atoms with E-state index in [0.29, 0.717) is 13.2 Å². The average Bonchev–Trinajstić information content (AvgIpc) is 3.02. The fourth-order valence-electron chi connectivity index (χ4n) is 3.18. The van der Waals surface area contributed by atoms with E-state index in [1.165, 1.54) is 40.7 Å². The number of aliphatic hydroxyl groups excluding tert-OH is 1. The molecule has 2 aromatic rings. The molecular formula is C19H22O2. The number of hydrogen-bond donors (Lipinski definition) is 1. The summed E-state index contributed by atoms with van der Waals surface area (Å²) in [4.78, 5) is 0. The highest BCUT2D eigenvalue weighted by Gasteiger charge is 2.22. The summed E-state index contributed by atoms with van der Waals surface area (Å²) in [5.41, 5.74) is 7.35. The summed E-state index contributed by atoms with van der Waals surface area (Å²) in [7, 11) is 0. The van der Waals surface area contributed by atoms with Crippen molar-refractivity contribution in [1.82, 2.24) is 0 Å². The van der Waals surface area contributed by atoms with E-state index in [0.717, 1.165) is 12.0 Å². The number of fused-ring (bicyclic) bond motifs is 1. The number of aliphatic hydroxyl groups is 1. The van der Waals surface area contributed by atoms with Crippen molar-refractivity contribution in [2.45, 2.75) is 46.0 Å². The Morgan fingerprint density at radius 1 is 1.05 bits per heavy atom. The van der Waals surface area contributed by atoms with Gasteiger partial charge in [-0.15, -0.1) is 0 Å². The van der Waals surface area contributed by atoms with Gasteiger partial charge in [0.25, 0.3) is 0 Å². The summed E-state index contributed by atoms with van der Waals surface area (Å²) in [6.07, 6.45) is 3.44. The van der Waals surface area contributed by atoms with Gasteiger partial charge in [0, 0.05) is 0 Å². The minimum atomic E-state index is 0.0800. The summed E-state index contributed by atoms with van der Waals surface area (Å²) < 4.78 is 5.72. The lowest BCUT2D eigenvalue weighted by atomic mass is 9.88. The third-order valence-corrected chi connectivity index (χ3v) is 4.25. The van der Waals surface area contributed by atoms with E-state index in [4.69, 9.17) is 4.74 Å². The Morgan fingerprint density at radius 3 is 2.52 bits per heavy atom. The normalized spacial score (nSPS) is 13.4. The molecule has 1 heterocycles. The largest absolute Gasteiger partial charge is 0.392 e. The topological polar surface area (TPSA) is 29.5 Å². The van der Waals surface area contributed by atoms with Crippen LogP contribution < -0.4 is 0 Å². The van der Waals surface area contributed by atoms with Crippen LogP contribution in [0.25, 0.3) is 11.1 Å². The molecule has 21 heavy (non-hydrogen) atoms. The molecule has 0 aromatic heterocycles. The second kappa shape index (κ2) is 6.42. The number of aryl methyl sites for hydroxylation is 1. The minimum Gasteiger partial charge on any atom is -0.392 e. The van der Waals surface area contributed by atoms with E-state index in [9.17, 15) is 5.11 Å². The van der Waals surface area contributed by atoms with Crippen molar-refractivity contribution in [2.75, 3.05) is 0 Å². The summed E-state index contributed by atoms with van der Waals surface area (Å²) >= 11 is 0. The zero-order valence-corrected chi connectivity index (χ0v) is 12.6. The van der Waals surface area contributed by atoms with Gasteiger partial charge in [0.1, 0.15) is 0 Å². The van der Waals surface area contributed by atoms with Crippen LogP contribution in [-0.4, -0.2) is 5.11 Å². The van der Waals surface area contributed by atoms with E-state index < -0.39 is 0 Å². The predicted octanol–water partition coefficient (Wildman–Crippen LogP) is 4.22. The van der Waals surface area contributed by atoms with Crippen molar-refractivity contribution < 1.29 is 9.84 Å². The molecule has 0 atom stereocenters. The molecule has 0 saturated carbocycles. The maximum Gasteiger partial charge on any atom is 0.0731 e. The first kappa shape index (κ1) is 14.3. The molecule has 2 nitrogen and oxygen atoms in total. The third-order valence-electron chi connectivity index (χ3n) is 4.25. The highest BCUT2D eigenvalue weighted by atomic mass is 16.5. The zero-order chi connectivity index (χ0) is 14.7. The first-order chi connectivity index (χ1) is 10.3. The van der Waals surface area contributed by atoms with E-state index in [2.05, 4.69) is 25.1 Å². The summed E-state index contributed by atoms with van der Waals surface area (Å²) in [6.45, 7) is 3.66. The molecular weight excluding hydrogens is 260 g/mol. The summed E-state index contributed by atoms with van der Waals surface area (Å²) in [6, 6.07) is 12.5. The standard InChI is InChI=1S/C19H22O2/c1-2-3-7-15-10-16(11-20)19(14-8-5-4-6-9-14)18-13-21-12-17(15)18/h4-6,8-10,20H,2-3,7,11-13H2,1H3. The molecule has 0 bridgehead atoms. The van der Waals surface area contributed by atoms with Crippen molar-refractivity contribution in [3.8, 4) is 11.1 Å². The Labute approximate surface area is 126 Å². The molecule has 0 amide bonds. The lowest BCUT2D eigenvalue weighted by Gasteiger charge is -2.16. The van der Waals surface area contributed by atoms with Gasteiger partial charge in [-0.1, -0.05) is 49.7 Å². The van der Waals surface area contributed by atoms with E-state index in [-0.39, 0.29) is 6.61 Å². The quantitative estimate of drug-likeness (QED) is 0.889. The van der Waals surface area contributed by atoms with Gasteiger partial charge in [0.2, 0.25) is 0 Å². The summed E-state index contributed by atoms with van der Waals surface area (Å²) in [5, 5.41) is 9.82. The van der Waals surface area contributed by atoms with Crippen molar-refractivity contribution in [2.24, 2.45) is 0 Å². The Morgan fingerprint density at radius 2 is 1.81 bits per heavy atom. The number of rotatable bonds is 5. The number of unbranched alkanes of at least 4 members (excludes halogenated alkanes) is 1. The second-order valence-electron chi connectivity index (χ2n) is 5.65. The number of ether oxygens (including phenoxy) is 1. The highest BCUT2D eigenvalue weighted by molar-refractivity contribution is 5.73. The highest BCUT2D eigenvalue weighted by Crippen LogP contribution is 2.37. The minimum absolute atomic E-state index is 0.0800. The monoisotopic (exact) mass is 282 g/mol. The Balaban J connectivity index is 2.14. The lowest BCUT2D eigenvalue weighted by molar-refractivity contribution is 0.134. The maximum atomic E-state index is 9.82. The van der Waals surface area contributed by atoms with Gasteiger partial charge < -0.3 is 9.84 Å². The molecule has 1 aliphatic rings. The van der Waals surface area contributed by atoms with Crippen LogP contribution in [0.15, 0.2) is 36.4 Å². The molecule has 0 spiro atoms. The van der Waals surface area contributed by atoms with Crippen LogP contribution in [0.1, 0.15) is 42.0 Å². The first-order valence-electron chi connectivity index (χ1n) is 7.75. The Bertz CT molecular complexity index is 617. The van der Waals surface area contributed by atoms with Crippen LogP contribution in [0, 0.1) is 0 Å². The van der Waals surface area contributed by atoms with Crippen LogP contribution in [0.4, 0.5) is 0 Å². The molecule has 2 aromatic carbocycles. The average molecular weight is 282 g/mol. The first-order valence-corrected chi connectivity index (χ1v) is 7.75. The van der Waals surface area contributed by atoms with E-state index >= 15 is 0 Å². The van der Waals surface area contributed by atoms with E-state index in [1.807, 2.05) is 18.2 Å². The van der Waals surface area contributed by atoms with Crippen molar-refractivity contribution in [3.05, 3.63) is 58.7 Å². The fraction of sp³-hybridized carbons (Fsp3) is 0.368. The molecule has 2 heteroatoms. The second-order valence-corrected chi connectivity index (χ2v) is 5.65. The van der Waals surface area contributed by atoms with Crippen LogP contribution >= 0.6 is 0 Å². The van der Waals surface area contributed by atoms with E-state index in [1.54, 1.807) is 0 Å². The third kappa shape index (κ3) is 2.74. The predicted molar refractivity (Wildman–Crippen MR) is 84.9 cm³/mol. The van der Waals surface area contributed by atoms with Gasteiger partial charge in [-0.25, -0.2) is 0 Å². The maximum absolute atomic E-state index is 9.82. The van der Waals surface area contributed by atoms with Gasteiger partial charge >= 0.3 is 0 Å². The van der Waals surface area contributed by atoms with Crippen LogP contribution in [0.3, 0.4) is 0 Å². The number of hydrogen-bond acceptors (Lipinski definition) is 2. The molecule has 110 valence electrons. The molecule has 0 radical (unpaired) electrons. The van der Waals surface area contributed by atoms with Crippen LogP contribution in [0.5, 0.6) is 0 Å². The smallest absolute Gasteiger partial charge is 0.0731 e. The van der Waals surface area contributed by atoms with Crippen LogP contribution in [0.2, 0.25) is 0 Å². The molecule has 0 unspecified atom stereocenters. The molecule has 0 fully saturated rings. The van der Waals surface area contributed by atoms with Gasteiger partial charge in [-0.05, 0) is 46.2 Å². The molecule has 1 aliphatic heterocycles. The molecule has 0 aliphatic carbocycles. The Kier molecular flexibility index (Phi) is 4.37. The van der Waals surface area contributed by atoms with Gasteiger partial charge in [0.05, 0.1) is 19.8 Å². The molecule has 1 N–H and O–H groups in total. The molecule has 0 saturated heterocycles. The lowest BCUT2D eigenvalue weighted by Crippen LogP contribution is -2.02. The zero-order valence-electron chi connectivity index (χ0n) is 12.6. The van der Waals surface area contributed by atoms with Crippen LogP contribution in [-0.2, 0) is 31.0 Å². The van der Waals surface area contributed by atoms with Gasteiger partial charge in [-0.2, -0.15) is 0 Å². The van der Waals surface area contributed by atoms with Gasteiger partial charge in [-0.3, -0.25) is 0 Å². The Hall–Kier alpha value is -1.64. The fourth-order valence-corrected chi connectivity index (χ4v) is 3.18. The SMILES string of the molecule is CCCCc1cc(CO)c(-c2ccccc2)c2c1COC2. The van der Waals surface area contributed by atoms with Crippen molar-refractivity contribution in [3.63, 3.8) is 0 Å². The van der Waals surface area contributed by atoms with Crippen molar-refractivity contribution in [1.29, 1.82) is 0 Å². The van der Waals surface area contributed by atoms with Gasteiger partial charge in [0.15, 0.2) is 0 Å².